The Labute approximate surface area is 110 Å². The van der Waals surface area contributed by atoms with Gasteiger partial charge in [-0.25, -0.2) is 0 Å². The Bertz CT molecular complexity index is 304. The lowest BCUT2D eigenvalue weighted by Gasteiger charge is -2.36. The average Bonchev–Trinajstić information content (AvgIpc) is 2.68. The van der Waals surface area contributed by atoms with E-state index in [9.17, 15) is 9.90 Å². The first-order valence-corrected chi connectivity index (χ1v) is 7.26. The maximum atomic E-state index is 12.3. The van der Waals surface area contributed by atoms with E-state index in [0.717, 1.165) is 38.8 Å². The second-order valence-corrected chi connectivity index (χ2v) is 6.10. The molecule has 2 atom stereocenters. The van der Waals surface area contributed by atoms with Gasteiger partial charge in [-0.3, -0.25) is 9.69 Å². The summed E-state index contributed by atoms with van der Waals surface area (Å²) in [6.45, 7) is 6.88. The highest BCUT2D eigenvalue weighted by Gasteiger charge is 2.34. The average molecular weight is 254 g/mol. The number of rotatable bonds is 3. The summed E-state index contributed by atoms with van der Waals surface area (Å²) in [5.74, 6) is 0.249. The first-order chi connectivity index (χ1) is 8.52. The van der Waals surface area contributed by atoms with Crippen LogP contribution in [-0.2, 0) is 4.79 Å². The number of hydrogen-bond acceptors (Lipinski definition) is 3. The van der Waals surface area contributed by atoms with E-state index < -0.39 is 5.60 Å². The zero-order valence-electron chi connectivity index (χ0n) is 11.7. The normalized spacial score (nSPS) is 33.9. The fraction of sp³-hybridized carbons (Fsp3) is 0.929. The van der Waals surface area contributed by atoms with Gasteiger partial charge in [0.1, 0.15) is 0 Å². The van der Waals surface area contributed by atoms with E-state index in [2.05, 4.69) is 16.7 Å². The van der Waals surface area contributed by atoms with Crippen LogP contribution in [0.25, 0.3) is 0 Å². The third kappa shape index (κ3) is 3.23. The van der Waals surface area contributed by atoms with Crippen molar-refractivity contribution in [2.75, 3.05) is 26.2 Å². The van der Waals surface area contributed by atoms with Crippen LogP contribution < -0.4 is 0 Å². The maximum absolute atomic E-state index is 12.3. The summed E-state index contributed by atoms with van der Waals surface area (Å²) in [7, 11) is 0. The molecule has 2 fully saturated rings. The van der Waals surface area contributed by atoms with Crippen LogP contribution in [0.1, 0.15) is 46.0 Å². The summed E-state index contributed by atoms with van der Waals surface area (Å²) in [5.41, 5.74) is -0.605. The van der Waals surface area contributed by atoms with Crippen molar-refractivity contribution in [1.82, 2.24) is 9.80 Å². The molecule has 0 saturated carbocycles. The molecule has 0 bridgehead atoms. The number of β-amino-alcohol motifs (C(OH)–C–C–N with tert-alkyl or cyclic N) is 1. The van der Waals surface area contributed by atoms with Crippen LogP contribution in [0.2, 0.25) is 0 Å². The predicted molar refractivity (Wildman–Crippen MR) is 71.3 cm³/mol. The summed E-state index contributed by atoms with van der Waals surface area (Å²) in [6.07, 6.45) is 5.38. The topological polar surface area (TPSA) is 43.8 Å². The number of aliphatic hydroxyl groups is 1. The second-order valence-electron chi connectivity index (χ2n) is 6.10. The van der Waals surface area contributed by atoms with Gasteiger partial charge < -0.3 is 10.0 Å². The van der Waals surface area contributed by atoms with E-state index in [-0.39, 0.29) is 5.91 Å². The smallest absolute Gasteiger partial charge is 0.236 e. The van der Waals surface area contributed by atoms with Gasteiger partial charge in [0.2, 0.25) is 5.91 Å². The molecule has 0 aliphatic carbocycles. The monoisotopic (exact) mass is 254 g/mol. The van der Waals surface area contributed by atoms with Crippen molar-refractivity contribution in [3.05, 3.63) is 0 Å². The van der Waals surface area contributed by atoms with Crippen molar-refractivity contribution in [3.8, 4) is 0 Å². The number of amides is 1. The highest BCUT2D eigenvalue weighted by molar-refractivity contribution is 5.78. The molecule has 0 aromatic rings. The van der Waals surface area contributed by atoms with Crippen LogP contribution in [0.3, 0.4) is 0 Å². The summed E-state index contributed by atoms with van der Waals surface area (Å²) < 4.78 is 0. The van der Waals surface area contributed by atoms with Gasteiger partial charge in [0.15, 0.2) is 0 Å². The lowest BCUT2D eigenvalue weighted by molar-refractivity contribution is -0.136. The van der Waals surface area contributed by atoms with Gasteiger partial charge in [0, 0.05) is 25.7 Å². The molecule has 2 heterocycles. The molecule has 2 aliphatic heterocycles. The Morgan fingerprint density at radius 1 is 1.39 bits per heavy atom. The molecule has 0 aromatic carbocycles. The van der Waals surface area contributed by atoms with E-state index in [1.54, 1.807) is 0 Å². The van der Waals surface area contributed by atoms with Crippen molar-refractivity contribution in [2.45, 2.75) is 57.6 Å². The SMILES string of the molecule is CCC1CCCCN1C(=O)CN1CCC(C)(O)C1. The van der Waals surface area contributed by atoms with E-state index in [0.29, 0.717) is 19.1 Å². The zero-order chi connectivity index (χ0) is 13.2. The molecular formula is C14H26N2O2. The third-order valence-electron chi connectivity index (χ3n) is 4.31. The molecule has 4 nitrogen and oxygen atoms in total. The molecule has 1 N–H and O–H groups in total. The van der Waals surface area contributed by atoms with Crippen LogP contribution in [0.4, 0.5) is 0 Å². The fourth-order valence-corrected chi connectivity index (χ4v) is 3.21. The summed E-state index contributed by atoms with van der Waals surface area (Å²) in [4.78, 5) is 16.5. The lowest BCUT2D eigenvalue weighted by Crippen LogP contribution is -2.47. The molecule has 104 valence electrons. The van der Waals surface area contributed by atoms with Gasteiger partial charge in [-0.05, 0) is 39.0 Å². The zero-order valence-corrected chi connectivity index (χ0v) is 11.7. The molecule has 1 amide bonds. The number of carbonyl (C=O) groups excluding carboxylic acids is 1. The van der Waals surface area contributed by atoms with E-state index in [1.165, 1.54) is 6.42 Å². The van der Waals surface area contributed by atoms with Crippen LogP contribution >= 0.6 is 0 Å². The van der Waals surface area contributed by atoms with Gasteiger partial charge in [-0.2, -0.15) is 0 Å². The highest BCUT2D eigenvalue weighted by Crippen LogP contribution is 2.22. The molecule has 18 heavy (non-hydrogen) atoms. The van der Waals surface area contributed by atoms with Crippen molar-refractivity contribution in [2.24, 2.45) is 0 Å². The minimum atomic E-state index is -0.605. The Hall–Kier alpha value is -0.610. The minimum absolute atomic E-state index is 0.249. The first kappa shape index (κ1) is 13.8. The van der Waals surface area contributed by atoms with Crippen molar-refractivity contribution in [3.63, 3.8) is 0 Å². The Morgan fingerprint density at radius 2 is 2.17 bits per heavy atom. The van der Waals surface area contributed by atoms with Crippen LogP contribution in [0.15, 0.2) is 0 Å². The highest BCUT2D eigenvalue weighted by atomic mass is 16.3. The Balaban J connectivity index is 1.87. The number of hydrogen-bond donors (Lipinski definition) is 1. The van der Waals surface area contributed by atoms with E-state index in [4.69, 9.17) is 0 Å². The van der Waals surface area contributed by atoms with Gasteiger partial charge in [-0.15, -0.1) is 0 Å². The molecule has 2 unspecified atom stereocenters. The largest absolute Gasteiger partial charge is 0.389 e. The van der Waals surface area contributed by atoms with E-state index >= 15 is 0 Å². The van der Waals surface area contributed by atoms with Gasteiger partial charge in [0.05, 0.1) is 12.1 Å². The summed E-state index contributed by atoms with van der Waals surface area (Å²) in [6, 6.07) is 0.439. The Kier molecular flexibility index (Phi) is 4.28. The molecule has 2 rings (SSSR count). The molecular weight excluding hydrogens is 228 g/mol. The Morgan fingerprint density at radius 3 is 2.78 bits per heavy atom. The van der Waals surface area contributed by atoms with Crippen molar-refractivity contribution in [1.29, 1.82) is 0 Å². The number of nitrogens with zero attached hydrogens (tertiary/aromatic N) is 2. The minimum Gasteiger partial charge on any atom is -0.389 e. The molecule has 2 saturated heterocycles. The number of piperidine rings is 1. The first-order valence-electron chi connectivity index (χ1n) is 7.26. The van der Waals surface area contributed by atoms with Gasteiger partial charge in [0.25, 0.3) is 0 Å². The maximum Gasteiger partial charge on any atom is 0.236 e. The molecule has 2 aliphatic rings. The van der Waals surface area contributed by atoms with Crippen LogP contribution in [-0.4, -0.2) is 58.6 Å². The van der Waals surface area contributed by atoms with Gasteiger partial charge in [-0.1, -0.05) is 6.92 Å². The summed E-state index contributed by atoms with van der Waals surface area (Å²) in [5, 5.41) is 9.92. The van der Waals surface area contributed by atoms with Crippen molar-refractivity contribution < 1.29 is 9.90 Å². The quantitative estimate of drug-likeness (QED) is 0.824. The summed E-state index contributed by atoms with van der Waals surface area (Å²) >= 11 is 0. The molecule has 0 aromatic heterocycles. The molecule has 0 radical (unpaired) electrons. The van der Waals surface area contributed by atoms with Crippen LogP contribution in [0, 0.1) is 0 Å². The van der Waals surface area contributed by atoms with E-state index in [1.807, 2.05) is 6.92 Å². The number of carbonyl (C=O) groups is 1. The predicted octanol–water partition coefficient (Wildman–Crippen LogP) is 1.23. The number of likely N-dealkylation sites (tertiary alicyclic amines) is 2. The third-order valence-corrected chi connectivity index (χ3v) is 4.31. The van der Waals surface area contributed by atoms with Gasteiger partial charge >= 0.3 is 0 Å². The second kappa shape index (κ2) is 5.57. The molecule has 4 heteroatoms. The van der Waals surface area contributed by atoms with Crippen LogP contribution in [0.5, 0.6) is 0 Å². The lowest BCUT2D eigenvalue weighted by atomic mass is 10.00. The molecule has 0 spiro atoms. The fourth-order valence-electron chi connectivity index (χ4n) is 3.21. The van der Waals surface area contributed by atoms with Crippen molar-refractivity contribution >= 4 is 5.91 Å². The standard InChI is InChI=1S/C14H26N2O2/c1-3-12-6-4-5-8-16(12)13(17)10-15-9-7-14(2,18)11-15/h12,18H,3-11H2,1-2H3.